The second-order valence-corrected chi connectivity index (χ2v) is 3.79. The van der Waals surface area contributed by atoms with Crippen LogP contribution in [-0.2, 0) is 9.53 Å². The van der Waals surface area contributed by atoms with Gasteiger partial charge in [0.2, 0.25) is 5.91 Å². The third kappa shape index (κ3) is 3.18. The van der Waals surface area contributed by atoms with Crippen molar-refractivity contribution in [3.05, 3.63) is 23.8 Å². The largest absolute Gasteiger partial charge is 0.375 e. The number of carbonyl (C=O) groups is 1. The van der Waals surface area contributed by atoms with E-state index in [4.69, 9.17) is 0 Å². The lowest BCUT2D eigenvalue weighted by molar-refractivity contribution is -0.119. The summed E-state index contributed by atoms with van der Waals surface area (Å²) in [5, 5.41) is 2.33. The van der Waals surface area contributed by atoms with Gasteiger partial charge in [0.15, 0.2) is 5.82 Å². The summed E-state index contributed by atoms with van der Waals surface area (Å²) in [5.74, 6) is -1.95. The van der Waals surface area contributed by atoms with Crippen LogP contribution in [0.5, 0.6) is 0 Å². The molecule has 0 aliphatic rings. The minimum absolute atomic E-state index is 0.0176. The third-order valence-electron chi connectivity index (χ3n) is 1.78. The van der Waals surface area contributed by atoms with Crippen LogP contribution in [0.4, 0.5) is 14.5 Å². The van der Waals surface area contributed by atoms with Crippen molar-refractivity contribution in [2.75, 3.05) is 25.3 Å². The van der Waals surface area contributed by atoms with Gasteiger partial charge in [-0.15, -0.1) is 11.8 Å². The Morgan fingerprint density at radius 1 is 1.50 bits per heavy atom. The molecule has 1 amide bonds. The molecule has 88 valence electrons. The molecule has 0 spiro atoms. The number of nitrogens with one attached hydrogen (secondary N) is 1. The lowest BCUT2D eigenvalue weighted by atomic mass is 10.3. The van der Waals surface area contributed by atoms with Gasteiger partial charge in [-0.2, -0.15) is 0 Å². The first-order chi connectivity index (χ1) is 7.58. The molecule has 0 aliphatic heterocycles. The van der Waals surface area contributed by atoms with Crippen LogP contribution in [0.3, 0.4) is 0 Å². The summed E-state index contributed by atoms with van der Waals surface area (Å²) in [6.45, 7) is -0.176. The summed E-state index contributed by atoms with van der Waals surface area (Å²) in [4.78, 5) is 11.5. The minimum Gasteiger partial charge on any atom is -0.375 e. The smallest absolute Gasteiger partial charge is 0.250 e. The highest BCUT2D eigenvalue weighted by molar-refractivity contribution is 7.98. The molecule has 0 aromatic heterocycles. The van der Waals surface area contributed by atoms with E-state index in [2.05, 4.69) is 10.1 Å². The number of hydrogen-bond donors (Lipinski definition) is 1. The molecule has 6 heteroatoms. The Labute approximate surface area is 96.2 Å². The number of anilines is 1. The normalized spacial score (nSPS) is 10.2. The van der Waals surface area contributed by atoms with Gasteiger partial charge >= 0.3 is 0 Å². The molecule has 0 saturated carbocycles. The Balaban J connectivity index is 2.98. The molecule has 1 aromatic carbocycles. The number of amides is 1. The number of methoxy groups -OCH3 is 1. The van der Waals surface area contributed by atoms with Gasteiger partial charge in [-0.25, -0.2) is 8.78 Å². The van der Waals surface area contributed by atoms with Crippen molar-refractivity contribution < 1.29 is 18.3 Å². The van der Waals surface area contributed by atoms with Crippen LogP contribution in [0.25, 0.3) is 0 Å². The van der Waals surface area contributed by atoms with E-state index in [9.17, 15) is 13.6 Å². The minimum atomic E-state index is -0.797. The van der Waals surface area contributed by atoms with Gasteiger partial charge in [-0.05, 0) is 12.3 Å². The van der Waals surface area contributed by atoms with E-state index in [1.165, 1.54) is 7.11 Å². The number of benzene rings is 1. The van der Waals surface area contributed by atoms with Crippen molar-refractivity contribution in [1.29, 1.82) is 0 Å². The fraction of sp³-hybridized carbons (Fsp3) is 0.300. The lowest BCUT2D eigenvalue weighted by Gasteiger charge is -2.10. The number of rotatable bonds is 4. The second kappa shape index (κ2) is 5.81. The zero-order valence-electron chi connectivity index (χ0n) is 8.84. The molecule has 1 rings (SSSR count). The number of hydrogen-bond acceptors (Lipinski definition) is 3. The van der Waals surface area contributed by atoms with Gasteiger partial charge in [0, 0.05) is 18.1 Å². The Kier molecular flexibility index (Phi) is 4.70. The molecule has 0 bridgehead atoms. The molecule has 3 nitrogen and oxygen atoms in total. The lowest BCUT2D eigenvalue weighted by Crippen LogP contribution is -2.18. The highest BCUT2D eigenvalue weighted by Gasteiger charge is 2.13. The van der Waals surface area contributed by atoms with Crippen LogP contribution in [0.2, 0.25) is 0 Å². The summed E-state index contributed by atoms with van der Waals surface area (Å²) in [6, 6.07) is 1.89. The van der Waals surface area contributed by atoms with Crippen LogP contribution in [0, 0.1) is 11.6 Å². The van der Waals surface area contributed by atoms with Crippen molar-refractivity contribution in [1.82, 2.24) is 0 Å². The SMILES string of the molecule is COCC(=O)Nc1c(F)cc(F)cc1SC. The van der Waals surface area contributed by atoms with Crippen LogP contribution in [0.1, 0.15) is 0 Å². The maximum absolute atomic E-state index is 13.4. The summed E-state index contributed by atoms with van der Waals surface area (Å²) >= 11 is 1.15. The molecular weight excluding hydrogens is 236 g/mol. The first-order valence-electron chi connectivity index (χ1n) is 4.40. The van der Waals surface area contributed by atoms with Crippen molar-refractivity contribution in [2.45, 2.75) is 4.90 Å². The molecule has 0 unspecified atom stereocenters. The fourth-order valence-electron chi connectivity index (χ4n) is 1.14. The average molecular weight is 247 g/mol. The van der Waals surface area contributed by atoms with Crippen molar-refractivity contribution in [2.24, 2.45) is 0 Å². The molecule has 0 radical (unpaired) electrons. The van der Waals surface area contributed by atoms with Crippen LogP contribution < -0.4 is 5.32 Å². The molecule has 1 N–H and O–H groups in total. The van der Waals surface area contributed by atoms with Crippen LogP contribution in [-0.4, -0.2) is 25.9 Å². The Bertz CT molecular complexity index is 399. The van der Waals surface area contributed by atoms with E-state index in [0.29, 0.717) is 4.90 Å². The zero-order chi connectivity index (χ0) is 12.1. The fourth-order valence-corrected chi connectivity index (χ4v) is 1.72. The topological polar surface area (TPSA) is 38.3 Å². The maximum Gasteiger partial charge on any atom is 0.250 e. The molecule has 0 fully saturated rings. The highest BCUT2D eigenvalue weighted by atomic mass is 32.2. The van der Waals surface area contributed by atoms with E-state index >= 15 is 0 Å². The van der Waals surface area contributed by atoms with Gasteiger partial charge in [-0.3, -0.25) is 4.79 Å². The highest BCUT2D eigenvalue weighted by Crippen LogP contribution is 2.29. The van der Waals surface area contributed by atoms with Crippen LogP contribution >= 0.6 is 11.8 Å². The monoisotopic (exact) mass is 247 g/mol. The van der Waals surface area contributed by atoms with Gasteiger partial charge in [-0.1, -0.05) is 0 Å². The Hall–Kier alpha value is -1.14. The second-order valence-electron chi connectivity index (χ2n) is 2.95. The number of carbonyl (C=O) groups excluding carboxylic acids is 1. The van der Waals surface area contributed by atoms with E-state index in [1.807, 2.05) is 0 Å². The maximum atomic E-state index is 13.4. The third-order valence-corrected chi connectivity index (χ3v) is 2.54. The van der Waals surface area contributed by atoms with Crippen molar-refractivity contribution in [3.63, 3.8) is 0 Å². The van der Waals surface area contributed by atoms with E-state index in [0.717, 1.165) is 23.9 Å². The van der Waals surface area contributed by atoms with Crippen molar-refractivity contribution in [3.8, 4) is 0 Å². The molecule has 0 atom stereocenters. The molecule has 1 aromatic rings. The molecule has 0 saturated heterocycles. The first kappa shape index (κ1) is 12.9. The predicted octanol–water partition coefficient (Wildman–Crippen LogP) is 2.27. The predicted molar refractivity (Wildman–Crippen MR) is 58.6 cm³/mol. The van der Waals surface area contributed by atoms with Gasteiger partial charge in [0.05, 0.1) is 5.69 Å². The van der Waals surface area contributed by atoms with Gasteiger partial charge in [0.25, 0.3) is 0 Å². The summed E-state index contributed by atoms with van der Waals surface area (Å²) < 4.78 is 30.9. The summed E-state index contributed by atoms with van der Waals surface area (Å²) in [6.07, 6.45) is 1.67. The van der Waals surface area contributed by atoms with E-state index < -0.39 is 17.5 Å². The van der Waals surface area contributed by atoms with E-state index in [-0.39, 0.29) is 12.3 Å². The number of halogens is 2. The van der Waals surface area contributed by atoms with Crippen LogP contribution in [0.15, 0.2) is 17.0 Å². The average Bonchev–Trinajstić information content (AvgIpc) is 2.22. The quantitative estimate of drug-likeness (QED) is 0.829. The van der Waals surface area contributed by atoms with Crippen molar-refractivity contribution >= 4 is 23.4 Å². The molecule has 0 heterocycles. The first-order valence-corrected chi connectivity index (χ1v) is 5.62. The summed E-state index contributed by atoms with van der Waals surface area (Å²) in [5.41, 5.74) is -0.0176. The number of thioether (sulfide) groups is 1. The van der Waals surface area contributed by atoms with Gasteiger partial charge in [0.1, 0.15) is 12.4 Å². The number of ether oxygens (including phenoxy) is 1. The Morgan fingerprint density at radius 2 is 2.19 bits per heavy atom. The van der Waals surface area contributed by atoms with Gasteiger partial charge < -0.3 is 10.1 Å². The Morgan fingerprint density at radius 3 is 2.75 bits per heavy atom. The molecule has 0 aliphatic carbocycles. The molecule has 16 heavy (non-hydrogen) atoms. The zero-order valence-corrected chi connectivity index (χ0v) is 9.66. The standard InChI is InChI=1S/C10H11F2NO2S/c1-15-5-9(14)13-10-7(12)3-6(11)4-8(10)16-2/h3-4H,5H2,1-2H3,(H,13,14). The van der Waals surface area contributed by atoms with E-state index in [1.54, 1.807) is 6.26 Å². The molecular formula is C10H11F2NO2S. The summed E-state index contributed by atoms with van der Waals surface area (Å²) in [7, 11) is 1.36.